The third-order valence-corrected chi connectivity index (χ3v) is 3.69. The summed E-state index contributed by atoms with van der Waals surface area (Å²) in [6.07, 6.45) is 3.52. The molecule has 110 valence electrons. The summed E-state index contributed by atoms with van der Waals surface area (Å²) in [5.41, 5.74) is 9.43. The summed E-state index contributed by atoms with van der Waals surface area (Å²) >= 11 is 0. The van der Waals surface area contributed by atoms with E-state index in [-0.39, 0.29) is 11.6 Å². The quantitative estimate of drug-likeness (QED) is 0.709. The Morgan fingerprint density at radius 2 is 2.14 bits per heavy atom. The van der Waals surface area contributed by atoms with Crippen LogP contribution < -0.4 is 10.5 Å². The molecular formula is C15H13N5O2. The van der Waals surface area contributed by atoms with E-state index in [0.29, 0.717) is 29.2 Å². The van der Waals surface area contributed by atoms with Gasteiger partial charge in [-0.1, -0.05) is 12.1 Å². The average Bonchev–Trinajstić information content (AvgIpc) is 2.93. The van der Waals surface area contributed by atoms with Crippen LogP contribution in [0.3, 0.4) is 0 Å². The molecule has 0 radical (unpaired) electrons. The van der Waals surface area contributed by atoms with Crippen molar-refractivity contribution in [3.05, 3.63) is 36.2 Å². The van der Waals surface area contributed by atoms with Crippen LogP contribution in [-0.4, -0.2) is 25.1 Å². The summed E-state index contributed by atoms with van der Waals surface area (Å²) in [6.45, 7) is 0.342. The van der Waals surface area contributed by atoms with Crippen molar-refractivity contribution in [2.24, 2.45) is 7.05 Å². The first-order valence-electron chi connectivity index (χ1n) is 6.74. The van der Waals surface area contributed by atoms with Crippen LogP contribution in [0.25, 0.3) is 22.4 Å². The first-order valence-corrected chi connectivity index (χ1v) is 6.74. The molecule has 7 nitrogen and oxygen atoms in total. The van der Waals surface area contributed by atoms with Gasteiger partial charge in [-0.2, -0.15) is 5.10 Å². The van der Waals surface area contributed by atoms with Crippen molar-refractivity contribution in [1.82, 2.24) is 20.0 Å². The summed E-state index contributed by atoms with van der Waals surface area (Å²) in [7, 11) is 1.82. The fourth-order valence-corrected chi connectivity index (χ4v) is 2.70. The second kappa shape index (κ2) is 4.45. The van der Waals surface area contributed by atoms with E-state index in [1.807, 2.05) is 19.3 Å². The molecule has 0 fully saturated rings. The first kappa shape index (κ1) is 12.6. The van der Waals surface area contributed by atoms with Crippen molar-refractivity contribution in [3.8, 4) is 33.9 Å². The maximum absolute atomic E-state index is 10.2. The SMILES string of the molecule is Cn1cc(-c2c(N)nnc3c2OCc2cccc(O)c2-3)cn1. The fraction of sp³-hybridized carbons (Fsp3) is 0.133. The third kappa shape index (κ3) is 1.72. The molecule has 2 aromatic heterocycles. The third-order valence-electron chi connectivity index (χ3n) is 3.69. The molecule has 0 atom stereocenters. The standard InChI is InChI=1S/C15H13N5O2/c1-20-6-9(5-17-20)12-14-13(18-19-15(12)16)11-8(7-22-14)3-2-4-10(11)21/h2-6,21H,7H2,1H3,(H2,16,19). The molecule has 0 saturated carbocycles. The highest BCUT2D eigenvalue weighted by atomic mass is 16.5. The van der Waals surface area contributed by atoms with Gasteiger partial charge in [0.15, 0.2) is 11.6 Å². The number of fused-ring (bicyclic) bond motifs is 3. The molecule has 0 aliphatic carbocycles. The molecule has 4 rings (SSSR count). The molecule has 3 heterocycles. The minimum Gasteiger partial charge on any atom is -0.507 e. The van der Waals surface area contributed by atoms with E-state index < -0.39 is 0 Å². The van der Waals surface area contributed by atoms with Gasteiger partial charge in [-0.15, -0.1) is 10.2 Å². The van der Waals surface area contributed by atoms with Crippen LogP contribution in [0.1, 0.15) is 5.56 Å². The number of ether oxygens (including phenoxy) is 1. The predicted molar refractivity (Wildman–Crippen MR) is 80.1 cm³/mol. The zero-order valence-electron chi connectivity index (χ0n) is 11.8. The van der Waals surface area contributed by atoms with Crippen molar-refractivity contribution < 1.29 is 9.84 Å². The molecule has 1 aromatic carbocycles. The van der Waals surface area contributed by atoms with Crippen LogP contribution >= 0.6 is 0 Å². The number of aromatic hydroxyl groups is 1. The summed E-state index contributed by atoms with van der Waals surface area (Å²) < 4.78 is 7.53. The summed E-state index contributed by atoms with van der Waals surface area (Å²) in [5.74, 6) is 0.943. The zero-order valence-corrected chi connectivity index (χ0v) is 11.8. The molecule has 0 bridgehead atoms. The van der Waals surface area contributed by atoms with Crippen molar-refractivity contribution in [1.29, 1.82) is 0 Å². The van der Waals surface area contributed by atoms with Gasteiger partial charge in [0.25, 0.3) is 0 Å². The van der Waals surface area contributed by atoms with Crippen LogP contribution in [0, 0.1) is 0 Å². The van der Waals surface area contributed by atoms with Crippen LogP contribution in [0.2, 0.25) is 0 Å². The lowest BCUT2D eigenvalue weighted by atomic mass is 9.97. The molecule has 22 heavy (non-hydrogen) atoms. The number of aromatic nitrogens is 4. The van der Waals surface area contributed by atoms with Gasteiger partial charge in [-0.3, -0.25) is 4.68 Å². The highest BCUT2D eigenvalue weighted by molar-refractivity contribution is 5.88. The van der Waals surface area contributed by atoms with E-state index in [1.54, 1.807) is 23.0 Å². The maximum Gasteiger partial charge on any atom is 0.159 e. The molecule has 0 unspecified atom stereocenters. The van der Waals surface area contributed by atoms with Gasteiger partial charge in [0.2, 0.25) is 0 Å². The largest absolute Gasteiger partial charge is 0.507 e. The van der Waals surface area contributed by atoms with E-state index in [2.05, 4.69) is 15.3 Å². The highest BCUT2D eigenvalue weighted by Crippen LogP contribution is 2.46. The van der Waals surface area contributed by atoms with Crippen LogP contribution in [-0.2, 0) is 13.7 Å². The van der Waals surface area contributed by atoms with E-state index in [0.717, 1.165) is 11.1 Å². The number of hydrogen-bond donors (Lipinski definition) is 2. The van der Waals surface area contributed by atoms with Gasteiger partial charge >= 0.3 is 0 Å². The Kier molecular flexibility index (Phi) is 2.56. The van der Waals surface area contributed by atoms with Crippen molar-refractivity contribution in [2.45, 2.75) is 6.61 Å². The first-order chi connectivity index (χ1) is 10.6. The van der Waals surface area contributed by atoms with Crippen LogP contribution in [0.15, 0.2) is 30.6 Å². The Morgan fingerprint density at radius 3 is 2.91 bits per heavy atom. The van der Waals surface area contributed by atoms with Gasteiger partial charge in [0.1, 0.15) is 18.1 Å². The molecule has 0 spiro atoms. The number of aryl methyl sites for hydroxylation is 1. The topological polar surface area (TPSA) is 99.1 Å². The van der Waals surface area contributed by atoms with Crippen molar-refractivity contribution >= 4 is 5.82 Å². The monoisotopic (exact) mass is 295 g/mol. The Hall–Kier alpha value is -3.09. The average molecular weight is 295 g/mol. The maximum atomic E-state index is 10.2. The minimum absolute atomic E-state index is 0.151. The van der Waals surface area contributed by atoms with Gasteiger partial charge in [-0.05, 0) is 6.07 Å². The lowest BCUT2D eigenvalue weighted by Gasteiger charge is -2.22. The second-order valence-corrected chi connectivity index (χ2v) is 5.14. The van der Waals surface area contributed by atoms with Crippen LogP contribution in [0.5, 0.6) is 11.5 Å². The smallest absolute Gasteiger partial charge is 0.159 e. The summed E-state index contributed by atoms with van der Waals surface area (Å²) in [6, 6.07) is 5.28. The Bertz CT molecular complexity index is 888. The van der Waals surface area contributed by atoms with Gasteiger partial charge in [0.05, 0.1) is 17.3 Å². The normalized spacial score (nSPS) is 12.4. The van der Waals surface area contributed by atoms with Gasteiger partial charge in [-0.25, -0.2) is 0 Å². The Morgan fingerprint density at radius 1 is 1.27 bits per heavy atom. The fourth-order valence-electron chi connectivity index (χ4n) is 2.70. The highest BCUT2D eigenvalue weighted by Gasteiger charge is 2.27. The number of nitrogens with two attached hydrogens (primary N) is 1. The van der Waals surface area contributed by atoms with Gasteiger partial charge < -0.3 is 15.6 Å². The summed E-state index contributed by atoms with van der Waals surface area (Å²) in [4.78, 5) is 0. The summed E-state index contributed by atoms with van der Waals surface area (Å²) in [5, 5.41) is 22.5. The molecule has 3 aromatic rings. The number of phenolic OH excluding ortho intramolecular Hbond substituents is 1. The number of anilines is 1. The number of hydrogen-bond acceptors (Lipinski definition) is 6. The van der Waals surface area contributed by atoms with E-state index in [9.17, 15) is 5.11 Å². The number of nitrogens with zero attached hydrogens (tertiary/aromatic N) is 4. The number of nitrogen functional groups attached to an aromatic ring is 1. The number of benzene rings is 1. The van der Waals surface area contributed by atoms with Crippen molar-refractivity contribution in [2.75, 3.05) is 5.73 Å². The zero-order chi connectivity index (χ0) is 15.3. The number of phenols is 1. The van der Waals surface area contributed by atoms with E-state index in [4.69, 9.17) is 10.5 Å². The minimum atomic E-state index is 0.151. The second-order valence-electron chi connectivity index (χ2n) is 5.14. The van der Waals surface area contributed by atoms with Crippen molar-refractivity contribution in [3.63, 3.8) is 0 Å². The van der Waals surface area contributed by atoms with E-state index >= 15 is 0 Å². The van der Waals surface area contributed by atoms with E-state index in [1.165, 1.54) is 0 Å². The Balaban J connectivity index is 2.02. The lowest BCUT2D eigenvalue weighted by molar-refractivity contribution is 0.300. The predicted octanol–water partition coefficient (Wildman–Crippen LogP) is 1.72. The molecule has 0 saturated heterocycles. The number of rotatable bonds is 1. The molecule has 3 N–H and O–H groups in total. The molecular weight excluding hydrogens is 282 g/mol. The van der Waals surface area contributed by atoms with Crippen LogP contribution in [0.4, 0.5) is 5.82 Å². The molecule has 1 aliphatic heterocycles. The van der Waals surface area contributed by atoms with Gasteiger partial charge in [0, 0.05) is 24.4 Å². The Labute approximate surface area is 126 Å². The molecule has 7 heteroatoms. The molecule has 1 aliphatic rings. The molecule has 0 amide bonds. The lowest BCUT2D eigenvalue weighted by Crippen LogP contribution is -2.11.